The molecule has 1 N–H and O–H groups in total. The van der Waals surface area contributed by atoms with Gasteiger partial charge in [-0.2, -0.15) is 5.06 Å². The summed E-state index contributed by atoms with van der Waals surface area (Å²) in [5, 5.41) is 10.7. The fraction of sp³-hybridized carbons (Fsp3) is 0.200. The molecule has 15 heavy (non-hydrogen) atoms. The summed E-state index contributed by atoms with van der Waals surface area (Å²) in [4.78, 5) is 20.4. The maximum Gasteiger partial charge on any atom is 0.366 e. The number of aliphatic imine (C=N–C) groups is 1. The van der Waals surface area contributed by atoms with Crippen molar-refractivity contribution in [2.45, 2.75) is 0 Å². The normalized spacial score (nSPS) is 14.3. The summed E-state index contributed by atoms with van der Waals surface area (Å²) in [5.74, 6) is -0.667. The number of nitrogens with zero attached hydrogens (tertiary/aromatic N) is 2. The van der Waals surface area contributed by atoms with Crippen LogP contribution in [-0.4, -0.2) is 35.6 Å². The number of aromatic hydroxyl groups is 1. The second kappa shape index (κ2) is 4.00. The summed E-state index contributed by atoms with van der Waals surface area (Å²) in [6.07, 6.45) is 1.46. The third-order valence-electron chi connectivity index (χ3n) is 1.98. The number of hydroxylamine groups is 2. The molecule has 0 saturated carbocycles. The van der Waals surface area contributed by atoms with Crippen molar-refractivity contribution in [1.82, 2.24) is 5.06 Å². The van der Waals surface area contributed by atoms with Crippen molar-refractivity contribution in [3.05, 3.63) is 29.8 Å². The van der Waals surface area contributed by atoms with Crippen molar-refractivity contribution in [2.75, 3.05) is 13.1 Å². The fourth-order valence-corrected chi connectivity index (χ4v) is 1.23. The van der Waals surface area contributed by atoms with Crippen LogP contribution < -0.4 is 0 Å². The van der Waals surface area contributed by atoms with Crippen LogP contribution in [0.2, 0.25) is 0 Å². The van der Waals surface area contributed by atoms with Crippen LogP contribution in [-0.2, 0) is 4.84 Å². The molecule has 78 valence electrons. The van der Waals surface area contributed by atoms with Gasteiger partial charge in [-0.1, -0.05) is 12.1 Å². The molecule has 0 atom stereocenters. The van der Waals surface area contributed by atoms with Crippen molar-refractivity contribution in [2.24, 2.45) is 4.99 Å². The molecular formula is C10H10N2O3. The Balaban J connectivity index is 2.07. The summed E-state index contributed by atoms with van der Waals surface area (Å²) < 4.78 is 0. The van der Waals surface area contributed by atoms with Gasteiger partial charge in [-0.15, -0.1) is 0 Å². The first-order valence-electron chi connectivity index (χ1n) is 4.54. The highest BCUT2D eigenvalue weighted by atomic mass is 16.7. The second-order valence-corrected chi connectivity index (χ2v) is 3.06. The third kappa shape index (κ3) is 2.07. The number of para-hydroxylation sites is 1. The van der Waals surface area contributed by atoms with Crippen LogP contribution in [0, 0.1) is 0 Å². The van der Waals surface area contributed by atoms with E-state index in [-0.39, 0.29) is 11.3 Å². The van der Waals surface area contributed by atoms with Crippen LogP contribution in [0.4, 0.5) is 0 Å². The molecule has 0 radical (unpaired) electrons. The molecule has 5 heteroatoms. The molecule has 0 saturated heterocycles. The van der Waals surface area contributed by atoms with Gasteiger partial charge in [0.05, 0.1) is 13.1 Å². The standard InChI is InChI=1S/C10H10N2O3/c13-9-4-2-1-3-8(9)10(14)15-12-6-5-11-7-12/h1-4,7,13H,5-6H2. The molecule has 1 heterocycles. The second-order valence-electron chi connectivity index (χ2n) is 3.06. The minimum absolute atomic E-state index is 0.0846. The van der Waals surface area contributed by atoms with E-state index in [0.29, 0.717) is 13.1 Å². The maximum atomic E-state index is 11.5. The molecule has 1 aromatic rings. The highest BCUT2D eigenvalue weighted by Crippen LogP contribution is 2.17. The lowest BCUT2D eigenvalue weighted by molar-refractivity contribution is -0.0456. The predicted molar refractivity (Wildman–Crippen MR) is 53.6 cm³/mol. The van der Waals surface area contributed by atoms with Gasteiger partial charge in [0.25, 0.3) is 0 Å². The Hall–Kier alpha value is -2.04. The number of phenolic OH excluding ortho intramolecular Hbond substituents is 1. The monoisotopic (exact) mass is 206 g/mol. The zero-order chi connectivity index (χ0) is 10.7. The highest BCUT2D eigenvalue weighted by molar-refractivity contribution is 5.92. The molecule has 0 unspecified atom stereocenters. The van der Waals surface area contributed by atoms with Gasteiger partial charge in [0.15, 0.2) is 0 Å². The van der Waals surface area contributed by atoms with Gasteiger partial charge in [-0.3, -0.25) is 4.99 Å². The van der Waals surface area contributed by atoms with Crippen LogP contribution in [0.25, 0.3) is 0 Å². The van der Waals surface area contributed by atoms with E-state index in [1.165, 1.54) is 23.5 Å². The van der Waals surface area contributed by atoms with Crippen LogP contribution >= 0.6 is 0 Å². The van der Waals surface area contributed by atoms with E-state index < -0.39 is 5.97 Å². The summed E-state index contributed by atoms with van der Waals surface area (Å²) in [7, 11) is 0. The highest BCUT2D eigenvalue weighted by Gasteiger charge is 2.16. The quantitative estimate of drug-likeness (QED) is 0.777. The first-order valence-corrected chi connectivity index (χ1v) is 4.54. The Kier molecular flexibility index (Phi) is 2.53. The zero-order valence-electron chi connectivity index (χ0n) is 7.96. The molecular weight excluding hydrogens is 196 g/mol. The van der Waals surface area contributed by atoms with Gasteiger partial charge in [-0.25, -0.2) is 4.79 Å². The van der Waals surface area contributed by atoms with Gasteiger partial charge in [0.1, 0.15) is 17.7 Å². The summed E-state index contributed by atoms with van der Waals surface area (Å²) in [5.41, 5.74) is 0.151. The van der Waals surface area contributed by atoms with Gasteiger partial charge >= 0.3 is 5.97 Å². The Bertz CT molecular complexity index is 403. The Morgan fingerprint density at radius 1 is 1.47 bits per heavy atom. The predicted octanol–water partition coefficient (Wildman–Crippen LogP) is 0.808. The molecule has 1 aliphatic heterocycles. The molecule has 0 fully saturated rings. The SMILES string of the molecule is O=C(ON1C=NCC1)c1ccccc1O. The molecule has 1 aromatic carbocycles. The van der Waals surface area contributed by atoms with Crippen molar-refractivity contribution in [3.63, 3.8) is 0 Å². The van der Waals surface area contributed by atoms with Gasteiger partial charge in [0, 0.05) is 0 Å². The first kappa shape index (κ1) is 9.51. The van der Waals surface area contributed by atoms with Crippen LogP contribution in [0.1, 0.15) is 10.4 Å². The lowest BCUT2D eigenvalue weighted by atomic mass is 10.2. The molecule has 0 aliphatic carbocycles. The molecule has 0 aromatic heterocycles. The topological polar surface area (TPSA) is 62.1 Å². The molecule has 0 bridgehead atoms. The van der Waals surface area contributed by atoms with Gasteiger partial charge < -0.3 is 9.94 Å². The molecule has 2 rings (SSSR count). The van der Waals surface area contributed by atoms with E-state index in [9.17, 15) is 9.90 Å². The average molecular weight is 206 g/mol. The van der Waals surface area contributed by atoms with Crippen LogP contribution in [0.15, 0.2) is 29.3 Å². The Labute approximate surface area is 86.6 Å². The Morgan fingerprint density at radius 2 is 2.27 bits per heavy atom. The number of carbonyl (C=O) groups is 1. The lowest BCUT2D eigenvalue weighted by Crippen LogP contribution is -2.24. The number of carbonyl (C=O) groups excluding carboxylic acids is 1. The summed E-state index contributed by atoms with van der Waals surface area (Å²) >= 11 is 0. The van der Waals surface area contributed by atoms with Gasteiger partial charge in [0.2, 0.25) is 0 Å². The van der Waals surface area contributed by atoms with Crippen molar-refractivity contribution in [1.29, 1.82) is 0 Å². The van der Waals surface area contributed by atoms with E-state index in [2.05, 4.69) is 4.99 Å². The average Bonchev–Trinajstić information content (AvgIpc) is 2.71. The molecule has 0 amide bonds. The summed E-state index contributed by atoms with van der Waals surface area (Å²) in [6.45, 7) is 1.17. The number of hydrogen-bond donors (Lipinski definition) is 1. The lowest BCUT2D eigenvalue weighted by Gasteiger charge is -2.13. The van der Waals surface area contributed by atoms with Crippen molar-refractivity contribution < 1.29 is 14.7 Å². The number of hydrogen-bond acceptors (Lipinski definition) is 5. The van der Waals surface area contributed by atoms with Crippen molar-refractivity contribution >= 4 is 12.3 Å². The van der Waals surface area contributed by atoms with E-state index in [4.69, 9.17) is 4.84 Å². The molecule has 0 spiro atoms. The van der Waals surface area contributed by atoms with E-state index >= 15 is 0 Å². The minimum Gasteiger partial charge on any atom is -0.507 e. The third-order valence-corrected chi connectivity index (χ3v) is 1.98. The molecule has 5 nitrogen and oxygen atoms in total. The largest absolute Gasteiger partial charge is 0.507 e. The minimum atomic E-state index is -0.582. The van der Waals surface area contributed by atoms with Crippen LogP contribution in [0.5, 0.6) is 5.75 Å². The van der Waals surface area contributed by atoms with Crippen LogP contribution in [0.3, 0.4) is 0 Å². The summed E-state index contributed by atoms with van der Waals surface area (Å²) in [6, 6.07) is 6.25. The maximum absolute atomic E-state index is 11.5. The van der Waals surface area contributed by atoms with E-state index in [0.717, 1.165) is 0 Å². The number of rotatable bonds is 2. The number of benzene rings is 1. The number of phenols is 1. The van der Waals surface area contributed by atoms with E-state index in [1.54, 1.807) is 12.1 Å². The zero-order valence-corrected chi connectivity index (χ0v) is 7.96. The fourth-order valence-electron chi connectivity index (χ4n) is 1.23. The smallest absolute Gasteiger partial charge is 0.366 e. The van der Waals surface area contributed by atoms with Gasteiger partial charge in [-0.05, 0) is 12.1 Å². The van der Waals surface area contributed by atoms with E-state index in [1.807, 2.05) is 0 Å². The molecule has 1 aliphatic rings. The Morgan fingerprint density at radius 3 is 2.93 bits per heavy atom. The van der Waals surface area contributed by atoms with Crippen molar-refractivity contribution in [3.8, 4) is 5.75 Å². The first-order chi connectivity index (χ1) is 7.27.